The molecule has 0 spiro atoms. The fourth-order valence-electron chi connectivity index (χ4n) is 5.37. The number of hydrogen-bond acceptors (Lipinski definition) is 8. The first-order valence-electron chi connectivity index (χ1n) is 14.5. The lowest BCUT2D eigenvalue weighted by atomic mass is 10.0. The third-order valence-corrected chi connectivity index (χ3v) is 9.08. The van der Waals surface area contributed by atoms with Crippen molar-refractivity contribution < 1.29 is 14.7 Å². The zero-order valence-corrected chi connectivity index (χ0v) is 25.8. The molecule has 42 heavy (non-hydrogen) atoms. The van der Waals surface area contributed by atoms with Gasteiger partial charge in [0.2, 0.25) is 0 Å². The number of aromatic nitrogens is 1. The lowest BCUT2D eigenvalue weighted by Crippen LogP contribution is -2.48. The Morgan fingerprint density at radius 2 is 1.74 bits per heavy atom. The first kappa shape index (κ1) is 31.3. The number of anilines is 2. The number of carbonyl (C=O) groups excluding carboxylic acids is 1. The standard InChI is InChI=1S/C31H37N5O4S2/c1-3-4-14-35-28(34-18-16-33(17-19-34)23-11-7-5-8-12-23)24(22(2)25(21-32)29(35)39)20-26-30(40)36(31(41)42-26)15-10-6-9-13-27(37)38/h5,7-8,11-12,20H,3-4,6,9-10,13-19H2,1-2H3,(H,37,38)/b26-20-. The molecular weight excluding hydrogens is 571 g/mol. The SMILES string of the molecule is CCCCn1c(N2CCN(c3ccccc3)CC2)c(/C=C2\SC(=S)N(CCCCCC(=O)O)C2=O)c(C)c(C#N)c1=O. The number of para-hydroxylation sites is 1. The van der Waals surface area contributed by atoms with E-state index < -0.39 is 5.97 Å². The predicted octanol–water partition coefficient (Wildman–Crippen LogP) is 5.00. The van der Waals surface area contributed by atoms with Gasteiger partial charge in [0.15, 0.2) is 0 Å². The Kier molecular flexibility index (Phi) is 10.8. The second kappa shape index (κ2) is 14.5. The molecule has 2 aliphatic heterocycles. The van der Waals surface area contributed by atoms with E-state index >= 15 is 0 Å². The summed E-state index contributed by atoms with van der Waals surface area (Å²) in [5.74, 6) is -0.280. The number of carboxylic acid groups (broad SMARTS) is 1. The van der Waals surface area contributed by atoms with Gasteiger partial charge in [-0.3, -0.25) is 23.9 Å². The van der Waals surface area contributed by atoms with Crippen molar-refractivity contribution in [2.24, 2.45) is 0 Å². The Morgan fingerprint density at radius 3 is 2.38 bits per heavy atom. The third kappa shape index (κ3) is 7.05. The fourth-order valence-corrected chi connectivity index (χ4v) is 6.66. The smallest absolute Gasteiger partial charge is 0.303 e. The number of carbonyl (C=O) groups is 2. The Balaban J connectivity index is 1.68. The number of carboxylic acids is 1. The normalized spacial score (nSPS) is 16.4. The average molecular weight is 608 g/mol. The van der Waals surface area contributed by atoms with E-state index in [1.54, 1.807) is 22.5 Å². The van der Waals surface area contributed by atoms with Crippen LogP contribution in [0.2, 0.25) is 0 Å². The predicted molar refractivity (Wildman–Crippen MR) is 172 cm³/mol. The van der Waals surface area contributed by atoms with Crippen LogP contribution in [0.1, 0.15) is 62.1 Å². The summed E-state index contributed by atoms with van der Waals surface area (Å²) in [4.78, 5) is 44.4. The molecule has 0 aliphatic carbocycles. The molecule has 2 aliphatic rings. The van der Waals surface area contributed by atoms with Crippen molar-refractivity contribution in [1.82, 2.24) is 9.47 Å². The van der Waals surface area contributed by atoms with Gasteiger partial charge in [-0.1, -0.05) is 61.9 Å². The van der Waals surface area contributed by atoms with Crippen LogP contribution in [0.25, 0.3) is 6.08 Å². The van der Waals surface area contributed by atoms with Crippen LogP contribution in [0, 0.1) is 18.3 Å². The molecule has 11 heteroatoms. The summed E-state index contributed by atoms with van der Waals surface area (Å²) >= 11 is 6.77. The molecule has 0 radical (unpaired) electrons. The van der Waals surface area contributed by atoms with Gasteiger partial charge in [0.1, 0.15) is 21.8 Å². The molecule has 4 rings (SSSR count). The maximum absolute atomic E-state index is 13.6. The van der Waals surface area contributed by atoms with Gasteiger partial charge in [-0.25, -0.2) is 0 Å². The number of thioether (sulfide) groups is 1. The summed E-state index contributed by atoms with van der Waals surface area (Å²) in [6.07, 6.45) is 5.49. The number of unbranched alkanes of at least 4 members (excludes halogenated alkanes) is 3. The van der Waals surface area contributed by atoms with Gasteiger partial charge < -0.3 is 14.9 Å². The van der Waals surface area contributed by atoms with Crippen LogP contribution in [-0.4, -0.2) is 63.5 Å². The molecule has 2 fully saturated rings. The second-order valence-electron chi connectivity index (χ2n) is 10.5. The number of amides is 1. The summed E-state index contributed by atoms with van der Waals surface area (Å²) in [6, 6.07) is 12.4. The average Bonchev–Trinajstić information content (AvgIpc) is 3.25. The minimum atomic E-state index is -0.826. The Labute approximate surface area is 256 Å². The first-order chi connectivity index (χ1) is 20.3. The van der Waals surface area contributed by atoms with Gasteiger partial charge in [0.25, 0.3) is 11.5 Å². The number of nitrogens with zero attached hydrogens (tertiary/aromatic N) is 5. The molecular formula is C31H37N5O4S2. The van der Waals surface area contributed by atoms with E-state index in [-0.39, 0.29) is 23.5 Å². The van der Waals surface area contributed by atoms with Crippen LogP contribution < -0.4 is 15.4 Å². The summed E-state index contributed by atoms with van der Waals surface area (Å²) in [5, 5.41) is 18.8. The largest absolute Gasteiger partial charge is 0.481 e. The zero-order chi connectivity index (χ0) is 30.2. The van der Waals surface area contributed by atoms with Crippen molar-refractivity contribution in [3.8, 4) is 6.07 Å². The van der Waals surface area contributed by atoms with Crippen molar-refractivity contribution in [2.75, 3.05) is 42.5 Å². The number of aliphatic carboxylic acids is 1. The van der Waals surface area contributed by atoms with Crippen LogP contribution in [0.3, 0.4) is 0 Å². The second-order valence-corrected chi connectivity index (χ2v) is 12.2. The van der Waals surface area contributed by atoms with Gasteiger partial charge >= 0.3 is 5.97 Å². The molecule has 1 amide bonds. The highest BCUT2D eigenvalue weighted by Crippen LogP contribution is 2.36. The van der Waals surface area contributed by atoms with Crippen molar-refractivity contribution in [2.45, 2.75) is 58.9 Å². The maximum Gasteiger partial charge on any atom is 0.303 e. The summed E-state index contributed by atoms with van der Waals surface area (Å²) < 4.78 is 2.18. The van der Waals surface area contributed by atoms with Gasteiger partial charge in [-0.05, 0) is 50.0 Å². The molecule has 1 N–H and O–H groups in total. The molecule has 0 atom stereocenters. The van der Waals surface area contributed by atoms with E-state index in [1.807, 2.05) is 18.2 Å². The molecule has 3 heterocycles. The van der Waals surface area contributed by atoms with Crippen LogP contribution in [0.4, 0.5) is 11.5 Å². The van der Waals surface area contributed by atoms with E-state index in [4.69, 9.17) is 17.3 Å². The van der Waals surface area contributed by atoms with Gasteiger partial charge in [-0.2, -0.15) is 5.26 Å². The monoisotopic (exact) mass is 607 g/mol. The Hall–Kier alpha value is -3.62. The van der Waals surface area contributed by atoms with E-state index in [0.29, 0.717) is 65.8 Å². The number of hydrogen-bond donors (Lipinski definition) is 1. The van der Waals surface area contributed by atoms with Gasteiger partial charge in [0.05, 0.1) is 4.91 Å². The minimum absolute atomic E-state index is 0.0953. The number of benzene rings is 1. The van der Waals surface area contributed by atoms with Gasteiger partial charge in [-0.15, -0.1) is 0 Å². The van der Waals surface area contributed by atoms with Crippen LogP contribution in [0.5, 0.6) is 0 Å². The zero-order valence-electron chi connectivity index (χ0n) is 24.2. The quantitative estimate of drug-likeness (QED) is 0.202. The molecule has 0 bridgehead atoms. The van der Waals surface area contributed by atoms with E-state index in [2.05, 4.69) is 34.9 Å². The molecule has 222 valence electrons. The van der Waals surface area contributed by atoms with E-state index in [0.717, 1.165) is 37.4 Å². The Bertz CT molecular complexity index is 1460. The Morgan fingerprint density at radius 1 is 1.05 bits per heavy atom. The topological polar surface area (TPSA) is 110 Å². The highest BCUT2D eigenvalue weighted by Gasteiger charge is 2.33. The lowest BCUT2D eigenvalue weighted by Gasteiger charge is -2.39. The van der Waals surface area contributed by atoms with Crippen LogP contribution in [0.15, 0.2) is 40.0 Å². The van der Waals surface area contributed by atoms with Crippen molar-refractivity contribution in [3.05, 3.63) is 62.3 Å². The molecule has 0 unspecified atom stereocenters. The fraction of sp³-hybridized carbons (Fsp3) is 0.452. The third-order valence-electron chi connectivity index (χ3n) is 7.70. The number of piperazine rings is 1. The highest BCUT2D eigenvalue weighted by molar-refractivity contribution is 8.26. The lowest BCUT2D eigenvalue weighted by molar-refractivity contribution is -0.137. The molecule has 2 aromatic rings. The molecule has 1 aromatic carbocycles. The van der Waals surface area contributed by atoms with E-state index in [1.165, 1.54) is 11.8 Å². The molecule has 1 aromatic heterocycles. The number of rotatable bonds is 12. The molecule has 2 saturated heterocycles. The number of thiocarbonyl (C=S) groups is 1. The molecule has 0 saturated carbocycles. The highest BCUT2D eigenvalue weighted by atomic mass is 32.2. The minimum Gasteiger partial charge on any atom is -0.481 e. The van der Waals surface area contributed by atoms with Gasteiger partial charge in [0, 0.05) is 56.9 Å². The number of nitriles is 1. The summed E-state index contributed by atoms with van der Waals surface area (Å²) in [6.45, 7) is 7.67. The summed E-state index contributed by atoms with van der Waals surface area (Å²) in [7, 11) is 0. The van der Waals surface area contributed by atoms with Crippen LogP contribution in [-0.2, 0) is 16.1 Å². The summed E-state index contributed by atoms with van der Waals surface area (Å²) in [5.41, 5.74) is 2.23. The van der Waals surface area contributed by atoms with Crippen molar-refractivity contribution in [1.29, 1.82) is 5.26 Å². The van der Waals surface area contributed by atoms with Crippen molar-refractivity contribution >= 4 is 57.8 Å². The van der Waals surface area contributed by atoms with E-state index in [9.17, 15) is 19.6 Å². The number of pyridine rings is 1. The van der Waals surface area contributed by atoms with Crippen molar-refractivity contribution in [3.63, 3.8) is 0 Å². The first-order valence-corrected chi connectivity index (χ1v) is 15.7. The van der Waals surface area contributed by atoms with Crippen LogP contribution >= 0.6 is 24.0 Å². The maximum atomic E-state index is 13.6. The molecule has 9 nitrogen and oxygen atoms in total.